The lowest BCUT2D eigenvalue weighted by Crippen LogP contribution is -2.16. The van der Waals surface area contributed by atoms with Crippen LogP contribution in [0.2, 0.25) is 0 Å². The second-order valence-electron chi connectivity index (χ2n) is 13.1. The van der Waals surface area contributed by atoms with Gasteiger partial charge in [-0.1, -0.05) is 97.1 Å². The lowest BCUT2D eigenvalue weighted by Gasteiger charge is -2.33. The van der Waals surface area contributed by atoms with Gasteiger partial charge in [0.2, 0.25) is 0 Å². The van der Waals surface area contributed by atoms with Gasteiger partial charge in [-0.15, -0.1) is 0 Å². The molecule has 0 fully saturated rings. The number of para-hydroxylation sites is 4. The van der Waals surface area contributed by atoms with Gasteiger partial charge in [-0.3, -0.25) is 0 Å². The Hall–Kier alpha value is -6.96. The highest BCUT2D eigenvalue weighted by Gasteiger charge is 2.29. The Bertz CT molecular complexity index is 2700. The molecule has 8 aromatic carbocycles. The van der Waals surface area contributed by atoms with Crippen LogP contribution in [0.5, 0.6) is 23.0 Å². The van der Waals surface area contributed by atoms with Gasteiger partial charge < -0.3 is 19.3 Å². The summed E-state index contributed by atoms with van der Waals surface area (Å²) in [5.41, 5.74) is 7.89. The molecule has 0 saturated heterocycles. The topological polar surface area (TPSA) is 50.7 Å². The Morgan fingerprint density at radius 1 is 0.396 bits per heavy atom. The van der Waals surface area contributed by atoms with E-state index in [4.69, 9.17) is 18.8 Å². The normalized spacial score (nSPS) is 12.8. The largest absolute Gasteiger partial charge is 0.453 e. The predicted octanol–water partition coefficient (Wildman–Crippen LogP) is 13.3. The standard InChI is InChI=1S/C46H28N4O2S/c1-3-15-33-29(11-1)13-9-19-35(33)49-37-17-5-7-21-41(37)51-43-25-23-31(27-39(43)49)45-47-46(53-48-45)32-24-26-44-40(28-32)50(38-18-6-8-22-42(38)52-44)36-20-10-14-30-12-2-4-16-34(30)36/h1-28H. The first-order valence-electron chi connectivity index (χ1n) is 17.5. The van der Waals surface area contributed by atoms with Crippen molar-refractivity contribution in [1.29, 1.82) is 0 Å². The first-order valence-corrected chi connectivity index (χ1v) is 18.3. The summed E-state index contributed by atoms with van der Waals surface area (Å²) in [5.74, 6) is 3.85. The van der Waals surface area contributed by atoms with Crippen LogP contribution in [0.4, 0.5) is 34.1 Å². The van der Waals surface area contributed by atoms with E-state index in [0.717, 1.165) is 84.0 Å². The maximum Gasteiger partial charge on any atom is 0.173 e. The van der Waals surface area contributed by atoms with Crippen LogP contribution in [-0.4, -0.2) is 9.36 Å². The minimum Gasteiger partial charge on any atom is -0.453 e. The van der Waals surface area contributed by atoms with Gasteiger partial charge in [0.1, 0.15) is 5.01 Å². The summed E-state index contributed by atoms with van der Waals surface area (Å²) in [5, 5.41) is 5.50. The minimum absolute atomic E-state index is 0.662. The summed E-state index contributed by atoms with van der Waals surface area (Å²) in [4.78, 5) is 9.71. The van der Waals surface area contributed by atoms with Crippen LogP contribution < -0.4 is 19.3 Å². The Labute approximate surface area is 309 Å². The molecule has 2 aliphatic heterocycles. The highest BCUT2D eigenvalue weighted by atomic mass is 32.1. The summed E-state index contributed by atoms with van der Waals surface area (Å²) in [6.07, 6.45) is 0. The Morgan fingerprint density at radius 3 is 1.45 bits per heavy atom. The molecule has 7 heteroatoms. The van der Waals surface area contributed by atoms with Gasteiger partial charge in [0, 0.05) is 21.9 Å². The molecule has 0 amide bonds. The Balaban J connectivity index is 1.01. The lowest BCUT2D eigenvalue weighted by molar-refractivity contribution is 0.477. The van der Waals surface area contributed by atoms with E-state index in [1.54, 1.807) is 0 Å². The zero-order chi connectivity index (χ0) is 34.9. The van der Waals surface area contributed by atoms with Crippen LogP contribution >= 0.6 is 11.5 Å². The van der Waals surface area contributed by atoms with Gasteiger partial charge in [0.15, 0.2) is 28.8 Å². The van der Waals surface area contributed by atoms with Gasteiger partial charge in [0.25, 0.3) is 0 Å². The fraction of sp³-hybridized carbons (Fsp3) is 0. The molecular weight excluding hydrogens is 673 g/mol. The number of nitrogens with zero attached hydrogens (tertiary/aromatic N) is 4. The summed E-state index contributed by atoms with van der Waals surface area (Å²) in [7, 11) is 0. The van der Waals surface area contributed by atoms with Gasteiger partial charge in [-0.05, 0) is 95.1 Å². The zero-order valence-electron chi connectivity index (χ0n) is 28.2. The third kappa shape index (κ3) is 4.79. The van der Waals surface area contributed by atoms with Crippen molar-refractivity contribution in [2.45, 2.75) is 0 Å². The molecule has 2 aliphatic rings. The van der Waals surface area contributed by atoms with Crippen molar-refractivity contribution in [3.8, 4) is 45.0 Å². The third-order valence-corrected chi connectivity index (χ3v) is 10.8. The average Bonchev–Trinajstić information content (AvgIpc) is 3.72. The van der Waals surface area contributed by atoms with E-state index in [9.17, 15) is 0 Å². The van der Waals surface area contributed by atoms with E-state index >= 15 is 0 Å². The van der Waals surface area contributed by atoms with E-state index in [1.165, 1.54) is 22.3 Å². The van der Waals surface area contributed by atoms with Crippen molar-refractivity contribution in [3.05, 3.63) is 170 Å². The number of rotatable bonds is 4. The molecule has 250 valence electrons. The Morgan fingerprint density at radius 2 is 0.849 bits per heavy atom. The van der Waals surface area contributed by atoms with Crippen LogP contribution in [0.15, 0.2) is 170 Å². The highest BCUT2D eigenvalue weighted by Crippen LogP contribution is 2.54. The van der Waals surface area contributed by atoms with Crippen molar-refractivity contribution in [2.24, 2.45) is 0 Å². The zero-order valence-corrected chi connectivity index (χ0v) is 29.0. The third-order valence-electron chi connectivity index (χ3n) is 10.00. The van der Waals surface area contributed by atoms with Crippen LogP contribution in [0.3, 0.4) is 0 Å². The first-order chi connectivity index (χ1) is 26.3. The molecule has 11 rings (SSSR count). The quantitative estimate of drug-likeness (QED) is 0.182. The monoisotopic (exact) mass is 700 g/mol. The van der Waals surface area contributed by atoms with Gasteiger partial charge in [-0.2, -0.15) is 4.37 Å². The molecule has 0 bridgehead atoms. The van der Waals surface area contributed by atoms with E-state index in [1.807, 2.05) is 48.5 Å². The number of fused-ring (bicyclic) bond motifs is 6. The van der Waals surface area contributed by atoms with Gasteiger partial charge >= 0.3 is 0 Å². The van der Waals surface area contributed by atoms with Crippen LogP contribution in [0.1, 0.15) is 0 Å². The first kappa shape index (κ1) is 29.7. The van der Waals surface area contributed by atoms with Crippen molar-refractivity contribution in [1.82, 2.24) is 9.36 Å². The number of ether oxygens (including phenoxy) is 2. The van der Waals surface area contributed by atoms with Crippen LogP contribution in [0.25, 0.3) is 43.5 Å². The fourth-order valence-corrected chi connectivity index (χ4v) is 8.24. The number of benzene rings is 8. The molecule has 0 atom stereocenters. The lowest BCUT2D eigenvalue weighted by atomic mass is 10.0. The summed E-state index contributed by atoms with van der Waals surface area (Å²) >= 11 is 1.39. The highest BCUT2D eigenvalue weighted by molar-refractivity contribution is 7.09. The summed E-state index contributed by atoms with van der Waals surface area (Å²) in [6, 6.07) is 58.7. The van der Waals surface area contributed by atoms with Gasteiger partial charge in [-0.25, -0.2) is 4.98 Å². The van der Waals surface area contributed by atoms with Crippen molar-refractivity contribution in [2.75, 3.05) is 9.80 Å². The van der Waals surface area contributed by atoms with Gasteiger partial charge in [0.05, 0.1) is 34.1 Å². The molecule has 0 N–H and O–H groups in total. The molecule has 0 saturated carbocycles. The SMILES string of the molecule is c1ccc2c(c1)Oc1ccc(-c3nsc(-c4ccc5c(c4)N(c4cccc6ccccc46)c4ccccc4O5)n3)cc1N2c1cccc2ccccc12. The maximum atomic E-state index is 6.47. The van der Waals surface area contributed by atoms with Crippen molar-refractivity contribution >= 4 is 67.2 Å². The molecule has 1 aromatic heterocycles. The second-order valence-corrected chi connectivity index (χ2v) is 13.8. The molecular formula is C46H28N4O2S. The molecule has 9 aromatic rings. The number of aromatic nitrogens is 2. The van der Waals surface area contributed by atoms with Crippen molar-refractivity contribution in [3.63, 3.8) is 0 Å². The Kier molecular flexibility index (Phi) is 6.62. The van der Waals surface area contributed by atoms with E-state index in [-0.39, 0.29) is 0 Å². The molecule has 0 radical (unpaired) electrons. The molecule has 0 aliphatic carbocycles. The molecule has 6 nitrogen and oxygen atoms in total. The van der Waals surface area contributed by atoms with Crippen molar-refractivity contribution < 1.29 is 9.47 Å². The molecule has 0 spiro atoms. The van der Waals surface area contributed by atoms with Crippen LogP contribution in [-0.2, 0) is 0 Å². The number of hydrogen-bond acceptors (Lipinski definition) is 7. The molecule has 53 heavy (non-hydrogen) atoms. The summed E-state index contributed by atoms with van der Waals surface area (Å²) in [6.45, 7) is 0. The van der Waals surface area contributed by atoms with E-state index in [2.05, 4.69) is 131 Å². The number of anilines is 6. The summed E-state index contributed by atoms with van der Waals surface area (Å²) < 4.78 is 17.8. The average molecular weight is 701 g/mol. The maximum absolute atomic E-state index is 6.47. The smallest absolute Gasteiger partial charge is 0.173 e. The van der Waals surface area contributed by atoms with Crippen LogP contribution in [0, 0.1) is 0 Å². The van der Waals surface area contributed by atoms with E-state index < -0.39 is 0 Å². The second kappa shape index (κ2) is 11.8. The van der Waals surface area contributed by atoms with E-state index in [0.29, 0.717) is 5.82 Å². The predicted molar refractivity (Wildman–Crippen MR) is 215 cm³/mol. The molecule has 3 heterocycles. The minimum atomic E-state index is 0.662. The number of hydrogen-bond donors (Lipinski definition) is 0. The fourth-order valence-electron chi connectivity index (χ4n) is 7.57. The molecule has 0 unspecified atom stereocenters.